The Kier molecular flexibility index (Phi) is 4.99. The SMILES string of the molecule is CC(CC#N)C(=O)N1CCCC(C(=O)NCC2CC2)C1. The van der Waals surface area contributed by atoms with E-state index in [1.54, 1.807) is 11.8 Å². The fraction of sp³-hybridized carbons (Fsp3) is 0.800. The minimum absolute atomic E-state index is 0.00578. The number of piperidine rings is 1. The highest BCUT2D eigenvalue weighted by atomic mass is 16.2. The van der Waals surface area contributed by atoms with E-state index >= 15 is 0 Å². The summed E-state index contributed by atoms with van der Waals surface area (Å²) in [5.74, 6) is 0.415. The van der Waals surface area contributed by atoms with Crippen LogP contribution in [0.5, 0.6) is 0 Å². The Morgan fingerprint density at radius 1 is 1.40 bits per heavy atom. The average molecular weight is 277 g/mol. The van der Waals surface area contributed by atoms with Crippen LogP contribution in [0, 0.1) is 29.1 Å². The van der Waals surface area contributed by atoms with Gasteiger partial charge in [-0.3, -0.25) is 9.59 Å². The summed E-state index contributed by atoms with van der Waals surface area (Å²) in [6.45, 7) is 3.78. The van der Waals surface area contributed by atoms with E-state index in [0.29, 0.717) is 19.0 Å². The number of hydrogen-bond acceptors (Lipinski definition) is 3. The normalized spacial score (nSPS) is 23.8. The Morgan fingerprint density at radius 3 is 2.80 bits per heavy atom. The van der Waals surface area contributed by atoms with Crippen LogP contribution in [0.1, 0.15) is 39.0 Å². The standard InChI is InChI=1S/C15H23N3O2/c1-11(6-7-16)15(20)18-8-2-3-13(10-18)14(19)17-9-12-4-5-12/h11-13H,2-6,8-10H2,1H3,(H,17,19). The molecule has 1 heterocycles. The molecule has 1 N–H and O–H groups in total. The highest BCUT2D eigenvalue weighted by molar-refractivity contribution is 5.82. The Morgan fingerprint density at radius 2 is 2.15 bits per heavy atom. The average Bonchev–Trinajstić information content (AvgIpc) is 3.28. The number of rotatable bonds is 5. The second-order valence-corrected chi connectivity index (χ2v) is 6.08. The van der Waals surface area contributed by atoms with Crippen LogP contribution in [0.4, 0.5) is 0 Å². The number of likely N-dealkylation sites (tertiary alicyclic amines) is 1. The maximum atomic E-state index is 12.2. The minimum atomic E-state index is -0.270. The van der Waals surface area contributed by atoms with Gasteiger partial charge in [-0.05, 0) is 31.6 Å². The molecular formula is C15H23N3O2. The van der Waals surface area contributed by atoms with E-state index in [9.17, 15) is 9.59 Å². The fourth-order valence-corrected chi connectivity index (χ4v) is 2.64. The predicted molar refractivity (Wildman–Crippen MR) is 74.4 cm³/mol. The van der Waals surface area contributed by atoms with Crippen LogP contribution in [-0.4, -0.2) is 36.3 Å². The molecule has 2 atom stereocenters. The van der Waals surface area contributed by atoms with Crippen LogP contribution >= 0.6 is 0 Å². The summed E-state index contributed by atoms with van der Waals surface area (Å²) in [5, 5.41) is 11.7. The molecule has 0 radical (unpaired) electrons. The lowest BCUT2D eigenvalue weighted by Gasteiger charge is -2.33. The second-order valence-electron chi connectivity index (χ2n) is 6.08. The third-order valence-corrected chi connectivity index (χ3v) is 4.18. The molecule has 0 aromatic rings. The van der Waals surface area contributed by atoms with Gasteiger partial charge in [-0.1, -0.05) is 6.92 Å². The van der Waals surface area contributed by atoms with E-state index in [-0.39, 0.29) is 30.1 Å². The molecule has 2 rings (SSSR count). The van der Waals surface area contributed by atoms with Crippen molar-refractivity contribution >= 4 is 11.8 Å². The number of nitriles is 1. The maximum absolute atomic E-state index is 12.2. The number of hydrogen-bond donors (Lipinski definition) is 1. The third kappa shape index (κ3) is 3.96. The zero-order valence-corrected chi connectivity index (χ0v) is 12.1. The number of amides is 2. The van der Waals surface area contributed by atoms with Gasteiger partial charge in [0, 0.05) is 32.0 Å². The van der Waals surface area contributed by atoms with E-state index in [2.05, 4.69) is 5.32 Å². The van der Waals surface area contributed by atoms with Gasteiger partial charge in [0.15, 0.2) is 0 Å². The van der Waals surface area contributed by atoms with Crippen LogP contribution in [0.15, 0.2) is 0 Å². The molecule has 0 spiro atoms. The summed E-state index contributed by atoms with van der Waals surface area (Å²) in [7, 11) is 0. The van der Waals surface area contributed by atoms with Gasteiger partial charge in [-0.2, -0.15) is 5.26 Å². The van der Waals surface area contributed by atoms with Crippen LogP contribution in [-0.2, 0) is 9.59 Å². The van der Waals surface area contributed by atoms with Crippen LogP contribution in [0.25, 0.3) is 0 Å². The highest BCUT2D eigenvalue weighted by Crippen LogP contribution is 2.28. The van der Waals surface area contributed by atoms with Gasteiger partial charge >= 0.3 is 0 Å². The molecule has 5 nitrogen and oxygen atoms in total. The van der Waals surface area contributed by atoms with Crippen molar-refractivity contribution < 1.29 is 9.59 Å². The third-order valence-electron chi connectivity index (χ3n) is 4.18. The smallest absolute Gasteiger partial charge is 0.226 e. The van der Waals surface area contributed by atoms with E-state index in [1.807, 2.05) is 6.07 Å². The molecule has 1 aliphatic heterocycles. The Balaban J connectivity index is 1.82. The zero-order valence-electron chi connectivity index (χ0n) is 12.1. The fourth-order valence-electron chi connectivity index (χ4n) is 2.64. The number of nitrogens with one attached hydrogen (secondary N) is 1. The first-order valence-electron chi connectivity index (χ1n) is 7.55. The number of carbonyl (C=O) groups is 2. The lowest BCUT2D eigenvalue weighted by Crippen LogP contribution is -2.47. The molecule has 1 aliphatic carbocycles. The van der Waals surface area contributed by atoms with E-state index in [1.165, 1.54) is 12.8 Å². The summed E-state index contributed by atoms with van der Waals surface area (Å²) in [4.78, 5) is 26.0. The van der Waals surface area contributed by atoms with E-state index < -0.39 is 0 Å². The molecule has 20 heavy (non-hydrogen) atoms. The highest BCUT2D eigenvalue weighted by Gasteiger charge is 2.31. The van der Waals surface area contributed by atoms with Gasteiger partial charge in [-0.15, -0.1) is 0 Å². The van der Waals surface area contributed by atoms with Crippen molar-refractivity contribution in [3.05, 3.63) is 0 Å². The molecule has 110 valence electrons. The van der Waals surface area contributed by atoms with E-state index in [0.717, 1.165) is 19.4 Å². The van der Waals surface area contributed by atoms with Gasteiger partial charge in [0.1, 0.15) is 0 Å². The van der Waals surface area contributed by atoms with Gasteiger partial charge < -0.3 is 10.2 Å². The summed E-state index contributed by atoms with van der Waals surface area (Å²) >= 11 is 0. The first kappa shape index (κ1) is 14.8. The Bertz CT molecular complexity index is 412. The molecule has 2 unspecified atom stereocenters. The summed E-state index contributed by atoms with van der Waals surface area (Å²) < 4.78 is 0. The van der Waals surface area contributed by atoms with E-state index in [4.69, 9.17) is 5.26 Å². The lowest BCUT2D eigenvalue weighted by molar-refractivity contribution is -0.138. The molecule has 2 fully saturated rings. The van der Waals surface area contributed by atoms with Crippen LogP contribution in [0.2, 0.25) is 0 Å². The summed E-state index contributed by atoms with van der Waals surface area (Å²) in [5.41, 5.74) is 0. The number of nitrogens with zero attached hydrogens (tertiary/aromatic N) is 2. The van der Waals surface area contributed by atoms with Crippen molar-refractivity contribution in [2.75, 3.05) is 19.6 Å². The zero-order chi connectivity index (χ0) is 14.5. The topological polar surface area (TPSA) is 73.2 Å². The van der Waals surface area contributed by atoms with Crippen molar-refractivity contribution in [3.8, 4) is 6.07 Å². The van der Waals surface area contributed by atoms with Crippen molar-refractivity contribution in [1.29, 1.82) is 5.26 Å². The van der Waals surface area contributed by atoms with Gasteiger partial charge in [0.25, 0.3) is 0 Å². The van der Waals surface area contributed by atoms with Gasteiger partial charge in [0.05, 0.1) is 12.0 Å². The summed E-state index contributed by atoms with van der Waals surface area (Å²) in [6.07, 6.45) is 4.41. The van der Waals surface area contributed by atoms with Crippen molar-refractivity contribution in [2.45, 2.75) is 39.0 Å². The second kappa shape index (κ2) is 6.74. The Hall–Kier alpha value is -1.57. The Labute approximate surface area is 120 Å². The van der Waals surface area contributed by atoms with Crippen molar-refractivity contribution in [3.63, 3.8) is 0 Å². The molecule has 1 saturated heterocycles. The quantitative estimate of drug-likeness (QED) is 0.823. The molecule has 1 saturated carbocycles. The molecule has 0 bridgehead atoms. The molecular weight excluding hydrogens is 254 g/mol. The molecule has 0 aromatic carbocycles. The van der Waals surface area contributed by atoms with Gasteiger partial charge in [0.2, 0.25) is 11.8 Å². The molecule has 0 aromatic heterocycles. The molecule has 5 heteroatoms. The van der Waals surface area contributed by atoms with Crippen LogP contribution < -0.4 is 5.32 Å². The number of carbonyl (C=O) groups excluding carboxylic acids is 2. The van der Waals surface area contributed by atoms with Crippen molar-refractivity contribution in [2.24, 2.45) is 17.8 Å². The summed E-state index contributed by atoms with van der Waals surface area (Å²) in [6, 6.07) is 2.03. The largest absolute Gasteiger partial charge is 0.356 e. The molecule has 2 amide bonds. The van der Waals surface area contributed by atoms with Crippen LogP contribution in [0.3, 0.4) is 0 Å². The van der Waals surface area contributed by atoms with Gasteiger partial charge in [-0.25, -0.2) is 0 Å². The predicted octanol–water partition coefficient (Wildman–Crippen LogP) is 1.30. The monoisotopic (exact) mass is 277 g/mol. The lowest BCUT2D eigenvalue weighted by atomic mass is 9.95. The first-order chi connectivity index (χ1) is 9.61. The maximum Gasteiger partial charge on any atom is 0.226 e. The van der Waals surface area contributed by atoms with Crippen molar-refractivity contribution in [1.82, 2.24) is 10.2 Å². The molecule has 2 aliphatic rings. The first-order valence-corrected chi connectivity index (χ1v) is 7.55. The minimum Gasteiger partial charge on any atom is -0.356 e.